The molecule has 0 heterocycles. The largest absolute Gasteiger partial charge is 0.462 e. The van der Waals surface area contributed by atoms with E-state index in [0.717, 1.165) is 6.42 Å². The lowest BCUT2D eigenvalue weighted by molar-refractivity contribution is 0.0506. The molecule has 0 atom stereocenters. The highest BCUT2D eigenvalue weighted by Crippen LogP contribution is 2.20. The minimum Gasteiger partial charge on any atom is -0.462 e. The van der Waals surface area contributed by atoms with Crippen molar-refractivity contribution in [2.24, 2.45) is 0 Å². The maximum Gasteiger partial charge on any atom is 0.340 e. The van der Waals surface area contributed by atoms with Gasteiger partial charge >= 0.3 is 5.97 Å². The lowest BCUT2D eigenvalue weighted by Gasteiger charge is -2.08. The van der Waals surface area contributed by atoms with Gasteiger partial charge in [-0.25, -0.2) is 9.18 Å². The Morgan fingerprint density at radius 1 is 1.53 bits per heavy atom. The van der Waals surface area contributed by atoms with Crippen LogP contribution in [-0.2, 0) is 4.74 Å². The van der Waals surface area contributed by atoms with Crippen LogP contribution in [0.4, 0.5) is 10.1 Å². The van der Waals surface area contributed by atoms with Gasteiger partial charge in [0.15, 0.2) is 0 Å². The number of rotatable bonds is 3. The number of esters is 1. The number of nitrogen functional groups attached to an aromatic ring is 1. The first-order chi connectivity index (χ1) is 7.07. The summed E-state index contributed by atoms with van der Waals surface area (Å²) in [6.45, 7) is 3.77. The summed E-state index contributed by atoms with van der Waals surface area (Å²) in [5.41, 5.74) is 6.27. The average Bonchev–Trinajstić information content (AvgIpc) is 2.23. The molecule has 2 N–H and O–H groups in total. The van der Waals surface area contributed by atoms with Gasteiger partial charge in [0.05, 0.1) is 17.9 Å². The van der Waals surface area contributed by atoms with Crippen LogP contribution < -0.4 is 5.73 Å². The van der Waals surface area contributed by atoms with Gasteiger partial charge in [-0.1, -0.05) is 6.92 Å². The second-order valence-corrected chi connectivity index (χ2v) is 3.27. The van der Waals surface area contributed by atoms with Crippen LogP contribution in [0.25, 0.3) is 0 Å². The second kappa shape index (κ2) is 4.77. The highest BCUT2D eigenvalue weighted by molar-refractivity contribution is 5.95. The maximum atomic E-state index is 13.0. The zero-order valence-electron chi connectivity index (χ0n) is 8.84. The van der Waals surface area contributed by atoms with Gasteiger partial charge < -0.3 is 10.5 Å². The van der Waals surface area contributed by atoms with E-state index in [0.29, 0.717) is 6.61 Å². The van der Waals surface area contributed by atoms with Crippen molar-refractivity contribution < 1.29 is 13.9 Å². The van der Waals surface area contributed by atoms with Crippen molar-refractivity contribution in [3.05, 3.63) is 29.1 Å². The van der Waals surface area contributed by atoms with Crippen LogP contribution >= 0.6 is 0 Å². The highest BCUT2D eigenvalue weighted by atomic mass is 19.1. The normalized spacial score (nSPS) is 10.1. The molecule has 1 aromatic rings. The molecule has 0 aliphatic carbocycles. The van der Waals surface area contributed by atoms with Crippen molar-refractivity contribution in [2.75, 3.05) is 12.3 Å². The lowest BCUT2D eigenvalue weighted by Crippen LogP contribution is -2.10. The Labute approximate surface area is 88.0 Å². The molecule has 0 saturated heterocycles. The van der Waals surface area contributed by atoms with Crippen molar-refractivity contribution in [2.45, 2.75) is 20.3 Å². The average molecular weight is 211 g/mol. The molecular formula is C11H14FNO2. The third-order valence-corrected chi connectivity index (χ3v) is 2.11. The Kier molecular flexibility index (Phi) is 3.66. The number of nitrogens with two attached hydrogens (primary N) is 1. The van der Waals surface area contributed by atoms with Gasteiger partial charge in [0.1, 0.15) is 5.82 Å². The minimum atomic E-state index is -0.502. The molecule has 15 heavy (non-hydrogen) atoms. The summed E-state index contributed by atoms with van der Waals surface area (Å²) in [4.78, 5) is 11.5. The van der Waals surface area contributed by atoms with Crippen LogP contribution in [0, 0.1) is 12.7 Å². The summed E-state index contributed by atoms with van der Waals surface area (Å²) < 4.78 is 18.0. The van der Waals surface area contributed by atoms with E-state index < -0.39 is 11.8 Å². The van der Waals surface area contributed by atoms with Gasteiger partial charge in [-0.15, -0.1) is 0 Å². The molecule has 0 fully saturated rings. The quantitative estimate of drug-likeness (QED) is 0.616. The summed E-state index contributed by atoms with van der Waals surface area (Å²) in [6.07, 6.45) is 0.742. The van der Waals surface area contributed by atoms with Gasteiger partial charge in [0.2, 0.25) is 0 Å². The van der Waals surface area contributed by atoms with Crippen molar-refractivity contribution >= 4 is 11.7 Å². The molecule has 0 radical (unpaired) electrons. The summed E-state index contributed by atoms with van der Waals surface area (Å²) in [6, 6.07) is 2.56. The fourth-order valence-corrected chi connectivity index (χ4v) is 1.15. The number of hydrogen-bond donors (Lipinski definition) is 1. The predicted molar refractivity (Wildman–Crippen MR) is 56.1 cm³/mol. The monoisotopic (exact) mass is 211 g/mol. The van der Waals surface area contributed by atoms with E-state index in [2.05, 4.69) is 0 Å². The molecule has 3 nitrogen and oxygen atoms in total. The summed E-state index contributed by atoms with van der Waals surface area (Å²) in [5, 5.41) is 0. The zero-order valence-corrected chi connectivity index (χ0v) is 8.84. The number of carbonyl (C=O) groups is 1. The summed E-state index contributed by atoms with van der Waals surface area (Å²) in [5.74, 6) is -0.919. The number of halogens is 1. The molecular weight excluding hydrogens is 197 g/mol. The van der Waals surface area contributed by atoms with Crippen LogP contribution in [-0.4, -0.2) is 12.6 Å². The Morgan fingerprint density at radius 2 is 2.20 bits per heavy atom. The van der Waals surface area contributed by atoms with E-state index in [1.807, 2.05) is 6.92 Å². The number of carbonyl (C=O) groups excluding carboxylic acids is 1. The predicted octanol–water partition coefficient (Wildman–Crippen LogP) is 2.28. The van der Waals surface area contributed by atoms with Crippen molar-refractivity contribution in [3.63, 3.8) is 0 Å². The molecule has 0 amide bonds. The number of hydrogen-bond acceptors (Lipinski definition) is 3. The zero-order chi connectivity index (χ0) is 11.4. The van der Waals surface area contributed by atoms with Gasteiger partial charge in [-0.2, -0.15) is 0 Å². The molecule has 1 aromatic carbocycles. The van der Waals surface area contributed by atoms with Crippen molar-refractivity contribution in [1.82, 2.24) is 0 Å². The Hall–Kier alpha value is -1.58. The lowest BCUT2D eigenvalue weighted by atomic mass is 10.1. The maximum absolute atomic E-state index is 13.0. The number of ether oxygens (including phenoxy) is 1. The molecule has 1 rings (SSSR count). The standard InChI is InChI=1S/C11H14FNO2/c1-3-6-15-11(14)8-4-5-9(12)7(2)10(8)13/h4-5H,3,6,13H2,1-2H3. The van der Waals surface area contributed by atoms with E-state index in [-0.39, 0.29) is 16.8 Å². The first kappa shape index (κ1) is 11.5. The molecule has 0 aliphatic rings. The molecule has 0 bridgehead atoms. The van der Waals surface area contributed by atoms with Crippen LogP contribution in [0.15, 0.2) is 12.1 Å². The van der Waals surface area contributed by atoms with E-state index in [4.69, 9.17) is 10.5 Å². The fourth-order valence-electron chi connectivity index (χ4n) is 1.15. The van der Waals surface area contributed by atoms with Gasteiger partial charge in [-0.05, 0) is 25.5 Å². The van der Waals surface area contributed by atoms with Crippen LogP contribution in [0.5, 0.6) is 0 Å². The van der Waals surface area contributed by atoms with E-state index in [9.17, 15) is 9.18 Å². The third kappa shape index (κ3) is 2.46. The Morgan fingerprint density at radius 3 is 2.80 bits per heavy atom. The van der Waals surface area contributed by atoms with Crippen LogP contribution in [0.1, 0.15) is 29.3 Å². The Bertz CT molecular complexity index is 377. The minimum absolute atomic E-state index is 0.149. The highest BCUT2D eigenvalue weighted by Gasteiger charge is 2.14. The SMILES string of the molecule is CCCOC(=O)c1ccc(F)c(C)c1N. The van der Waals surface area contributed by atoms with Gasteiger partial charge in [0, 0.05) is 5.56 Å². The molecule has 4 heteroatoms. The molecule has 0 aromatic heterocycles. The summed E-state index contributed by atoms with van der Waals surface area (Å²) in [7, 11) is 0. The van der Waals surface area contributed by atoms with E-state index in [1.54, 1.807) is 0 Å². The summed E-state index contributed by atoms with van der Waals surface area (Å²) >= 11 is 0. The molecule has 0 unspecified atom stereocenters. The molecule has 0 aliphatic heterocycles. The van der Waals surface area contributed by atoms with Crippen LogP contribution in [0.3, 0.4) is 0 Å². The fraction of sp³-hybridized carbons (Fsp3) is 0.364. The Balaban J connectivity index is 2.95. The van der Waals surface area contributed by atoms with Gasteiger partial charge in [-0.3, -0.25) is 0 Å². The molecule has 82 valence electrons. The number of benzene rings is 1. The van der Waals surface area contributed by atoms with Crippen molar-refractivity contribution in [1.29, 1.82) is 0 Å². The third-order valence-electron chi connectivity index (χ3n) is 2.11. The van der Waals surface area contributed by atoms with Gasteiger partial charge in [0.25, 0.3) is 0 Å². The second-order valence-electron chi connectivity index (χ2n) is 3.27. The molecule has 0 saturated carbocycles. The smallest absolute Gasteiger partial charge is 0.340 e. The van der Waals surface area contributed by atoms with E-state index >= 15 is 0 Å². The number of anilines is 1. The first-order valence-corrected chi connectivity index (χ1v) is 4.79. The van der Waals surface area contributed by atoms with Crippen molar-refractivity contribution in [3.8, 4) is 0 Å². The van der Waals surface area contributed by atoms with Crippen LogP contribution in [0.2, 0.25) is 0 Å². The van der Waals surface area contributed by atoms with E-state index in [1.165, 1.54) is 19.1 Å². The molecule has 0 spiro atoms. The first-order valence-electron chi connectivity index (χ1n) is 4.79. The topological polar surface area (TPSA) is 52.3 Å².